The van der Waals surface area contributed by atoms with Crippen LogP contribution in [0.2, 0.25) is 0 Å². The molecule has 2 aromatic carbocycles. The normalized spacial score (nSPS) is 18.2. The van der Waals surface area contributed by atoms with Gasteiger partial charge in [-0.05, 0) is 18.9 Å². The van der Waals surface area contributed by atoms with Crippen molar-refractivity contribution >= 4 is 34.3 Å². The molecule has 0 saturated heterocycles. The summed E-state index contributed by atoms with van der Waals surface area (Å²) in [6.45, 7) is 0. The number of nitro benzene ring substituents is 1. The molecule has 2 aliphatic rings. The van der Waals surface area contributed by atoms with Crippen molar-refractivity contribution in [2.75, 3.05) is 11.9 Å². The van der Waals surface area contributed by atoms with E-state index in [0.29, 0.717) is 21.8 Å². The number of nitro groups is 1. The second kappa shape index (κ2) is 8.74. The average Bonchev–Trinajstić information content (AvgIpc) is 3.34. The summed E-state index contributed by atoms with van der Waals surface area (Å²) in [6, 6.07) is 14.2. The Morgan fingerprint density at radius 1 is 1.09 bits per heavy atom. The number of carbonyl (C=O) groups excluding carboxylic acids is 1. The molecule has 8 nitrogen and oxygen atoms in total. The highest BCUT2D eigenvalue weighted by atomic mass is 32.1. The lowest BCUT2D eigenvalue weighted by molar-refractivity contribution is -0.384. The molecule has 0 radical (unpaired) electrons. The maximum atomic E-state index is 13.0. The predicted octanol–water partition coefficient (Wildman–Crippen LogP) is 4.59. The van der Waals surface area contributed by atoms with Crippen LogP contribution in [0, 0.1) is 10.1 Å². The zero-order valence-electron chi connectivity index (χ0n) is 18.2. The Hall–Kier alpha value is -3.59. The van der Waals surface area contributed by atoms with Crippen molar-refractivity contribution in [1.29, 1.82) is 0 Å². The quantitative estimate of drug-likeness (QED) is 0.420. The van der Waals surface area contributed by atoms with Crippen LogP contribution in [-0.4, -0.2) is 34.3 Å². The predicted molar refractivity (Wildman–Crippen MR) is 129 cm³/mol. The van der Waals surface area contributed by atoms with Gasteiger partial charge >= 0.3 is 0 Å². The first kappa shape index (κ1) is 21.3. The molecule has 0 atom stereocenters. The summed E-state index contributed by atoms with van der Waals surface area (Å²) in [6.07, 6.45) is 5.61. The van der Waals surface area contributed by atoms with Crippen molar-refractivity contribution < 1.29 is 9.72 Å². The van der Waals surface area contributed by atoms with Gasteiger partial charge in [0.2, 0.25) is 4.80 Å². The van der Waals surface area contributed by atoms with Crippen LogP contribution in [-0.2, 0) is 4.79 Å². The number of benzene rings is 2. The van der Waals surface area contributed by atoms with Gasteiger partial charge in [0.1, 0.15) is 0 Å². The van der Waals surface area contributed by atoms with E-state index >= 15 is 0 Å². The molecule has 0 N–H and O–H groups in total. The van der Waals surface area contributed by atoms with Gasteiger partial charge in [-0.25, -0.2) is 4.68 Å². The van der Waals surface area contributed by atoms with E-state index in [1.165, 1.54) is 29.9 Å². The van der Waals surface area contributed by atoms with Gasteiger partial charge in [-0.1, -0.05) is 49.6 Å². The molecule has 5 rings (SSSR count). The number of nitrogens with zero attached hydrogens (tertiary/aromatic N) is 5. The fourth-order valence-electron chi connectivity index (χ4n) is 4.38. The molecule has 0 unspecified atom stereocenters. The number of carbonyl (C=O) groups is 1. The van der Waals surface area contributed by atoms with E-state index in [0.717, 1.165) is 36.9 Å². The molecular weight excluding hydrogens is 438 g/mol. The molecule has 1 saturated carbocycles. The SMILES string of the molecule is CN1C(=O)C(=Nn2c(-c3cccc([N+](=O)[O-])c3)csc2=NC2CCCCC2)c2ccccc21. The number of aromatic nitrogens is 1. The lowest BCUT2D eigenvalue weighted by Crippen LogP contribution is -2.27. The van der Waals surface area contributed by atoms with Gasteiger partial charge in [-0.3, -0.25) is 19.9 Å². The van der Waals surface area contributed by atoms with Crippen LogP contribution in [0.4, 0.5) is 11.4 Å². The monoisotopic (exact) mass is 461 g/mol. The van der Waals surface area contributed by atoms with Gasteiger partial charge in [0.25, 0.3) is 11.6 Å². The molecule has 1 fully saturated rings. The molecule has 33 heavy (non-hydrogen) atoms. The maximum absolute atomic E-state index is 13.0. The third-order valence-corrected chi connectivity index (χ3v) is 6.96. The number of hydrogen-bond acceptors (Lipinski definition) is 6. The standard InChI is InChI=1S/C24H23N5O3S/c1-27-20-13-6-5-12-19(20)22(23(27)30)26-28-21(16-8-7-11-18(14-16)29(31)32)15-33-24(28)25-17-9-3-2-4-10-17/h5-8,11-15,17H,2-4,9-10H2,1H3. The van der Waals surface area contributed by atoms with Crippen LogP contribution >= 0.6 is 11.3 Å². The molecular formula is C24H23N5O3S. The van der Waals surface area contributed by atoms with Crippen LogP contribution in [0.3, 0.4) is 0 Å². The van der Waals surface area contributed by atoms with E-state index in [2.05, 4.69) is 0 Å². The number of para-hydroxylation sites is 1. The first-order valence-electron chi connectivity index (χ1n) is 11.0. The Morgan fingerprint density at radius 2 is 1.88 bits per heavy atom. The number of anilines is 1. The molecule has 0 bridgehead atoms. The largest absolute Gasteiger partial charge is 0.309 e. The number of rotatable bonds is 4. The lowest BCUT2D eigenvalue weighted by atomic mass is 9.96. The maximum Gasteiger partial charge on any atom is 0.279 e. The van der Waals surface area contributed by atoms with Crippen LogP contribution < -0.4 is 9.70 Å². The highest BCUT2D eigenvalue weighted by Crippen LogP contribution is 2.29. The minimum Gasteiger partial charge on any atom is -0.309 e. The zero-order chi connectivity index (χ0) is 22.9. The lowest BCUT2D eigenvalue weighted by Gasteiger charge is -2.17. The number of hydrogen-bond donors (Lipinski definition) is 0. The number of fused-ring (bicyclic) bond motifs is 1. The summed E-state index contributed by atoms with van der Waals surface area (Å²) >= 11 is 1.44. The molecule has 2 heterocycles. The van der Waals surface area contributed by atoms with Gasteiger partial charge in [-0.2, -0.15) is 5.10 Å². The summed E-state index contributed by atoms with van der Waals surface area (Å²) in [4.78, 5) is 31.2. The molecule has 1 aliphatic heterocycles. The number of likely N-dealkylation sites (N-methyl/N-ethyl adjacent to an activating group) is 1. The summed E-state index contributed by atoms with van der Waals surface area (Å²) in [7, 11) is 1.73. The van der Waals surface area contributed by atoms with E-state index in [1.807, 2.05) is 35.7 Å². The number of non-ortho nitro benzene ring substituents is 1. The minimum atomic E-state index is -0.412. The van der Waals surface area contributed by atoms with E-state index in [1.54, 1.807) is 22.7 Å². The Morgan fingerprint density at radius 3 is 2.67 bits per heavy atom. The van der Waals surface area contributed by atoms with Gasteiger partial charge in [-0.15, -0.1) is 11.3 Å². The van der Waals surface area contributed by atoms with E-state index < -0.39 is 4.92 Å². The minimum absolute atomic E-state index is 0.00527. The van der Waals surface area contributed by atoms with Crippen molar-refractivity contribution in [2.45, 2.75) is 38.1 Å². The first-order valence-corrected chi connectivity index (χ1v) is 11.9. The van der Waals surface area contributed by atoms with Crippen molar-refractivity contribution in [3.63, 3.8) is 0 Å². The number of amides is 1. The fourth-order valence-corrected chi connectivity index (χ4v) is 5.28. The van der Waals surface area contributed by atoms with Crippen molar-refractivity contribution in [2.24, 2.45) is 10.1 Å². The molecule has 168 valence electrons. The second-order valence-electron chi connectivity index (χ2n) is 8.27. The van der Waals surface area contributed by atoms with Crippen LogP contribution in [0.1, 0.15) is 37.7 Å². The summed E-state index contributed by atoms with van der Waals surface area (Å²) in [5.74, 6) is -0.191. The van der Waals surface area contributed by atoms with Crippen LogP contribution in [0.5, 0.6) is 0 Å². The molecule has 1 aliphatic carbocycles. The Balaban J connectivity index is 1.69. The van der Waals surface area contributed by atoms with E-state index in [4.69, 9.17) is 10.1 Å². The third kappa shape index (κ3) is 4.00. The molecule has 3 aromatic rings. The molecule has 1 aromatic heterocycles. The molecule has 0 spiro atoms. The fraction of sp³-hybridized carbons (Fsp3) is 0.292. The van der Waals surface area contributed by atoms with Gasteiger partial charge in [0.15, 0.2) is 5.71 Å². The highest BCUT2D eigenvalue weighted by molar-refractivity contribution is 7.07. The topological polar surface area (TPSA) is 93.1 Å². The van der Waals surface area contributed by atoms with Crippen LogP contribution in [0.15, 0.2) is 64.0 Å². The van der Waals surface area contributed by atoms with Crippen molar-refractivity contribution in [1.82, 2.24) is 4.68 Å². The smallest absolute Gasteiger partial charge is 0.279 e. The Labute approximate surface area is 194 Å². The van der Waals surface area contributed by atoms with E-state index in [-0.39, 0.29) is 17.6 Å². The van der Waals surface area contributed by atoms with E-state index in [9.17, 15) is 14.9 Å². The van der Waals surface area contributed by atoms with Crippen LogP contribution in [0.25, 0.3) is 11.3 Å². The zero-order valence-corrected chi connectivity index (χ0v) is 19.0. The highest BCUT2D eigenvalue weighted by Gasteiger charge is 2.31. The van der Waals surface area contributed by atoms with Gasteiger partial charge in [0, 0.05) is 35.7 Å². The second-order valence-corrected chi connectivity index (χ2v) is 9.11. The van der Waals surface area contributed by atoms with Gasteiger partial charge in [0.05, 0.1) is 22.3 Å². The average molecular weight is 462 g/mol. The molecule has 1 amide bonds. The van der Waals surface area contributed by atoms with Gasteiger partial charge < -0.3 is 4.90 Å². The van der Waals surface area contributed by atoms with Crippen molar-refractivity contribution in [3.8, 4) is 11.3 Å². The van der Waals surface area contributed by atoms with Crippen molar-refractivity contribution in [3.05, 3.63) is 74.4 Å². The summed E-state index contributed by atoms with van der Waals surface area (Å²) < 4.78 is 1.68. The summed E-state index contributed by atoms with van der Waals surface area (Å²) in [5.41, 5.74) is 3.23. The molecule has 9 heteroatoms. The number of thiazole rings is 1. The summed E-state index contributed by atoms with van der Waals surface area (Å²) in [5, 5.41) is 18.0. The first-order chi connectivity index (χ1) is 16.0. The third-order valence-electron chi connectivity index (χ3n) is 6.13. The Kier molecular flexibility index (Phi) is 5.63. The Bertz CT molecular complexity index is 1330.